The Hall–Kier alpha value is -3.44. The molecule has 2 aliphatic rings. The van der Waals surface area contributed by atoms with E-state index in [1.54, 1.807) is 6.20 Å². The van der Waals surface area contributed by atoms with Gasteiger partial charge in [0.25, 0.3) is 0 Å². The zero-order valence-corrected chi connectivity index (χ0v) is 25.0. The second kappa shape index (κ2) is 12.0. The quantitative estimate of drug-likeness (QED) is 0.212. The minimum absolute atomic E-state index is 0.123. The third-order valence-corrected chi connectivity index (χ3v) is 8.81. The summed E-state index contributed by atoms with van der Waals surface area (Å²) in [5.41, 5.74) is 4.23. The number of aryl methyl sites for hydroxylation is 1. The molecule has 2 saturated heterocycles. The van der Waals surface area contributed by atoms with Crippen molar-refractivity contribution in [3.05, 3.63) is 82.0 Å². The molecule has 0 saturated carbocycles. The minimum Gasteiger partial charge on any atom is -0.474 e. The first-order valence-corrected chi connectivity index (χ1v) is 15.6. The molecule has 3 aromatic heterocycles. The first kappa shape index (κ1) is 27.4. The molecule has 2 fully saturated rings. The van der Waals surface area contributed by atoms with Gasteiger partial charge in [-0.25, -0.2) is 15.0 Å². The molecular weight excluding hydrogens is 570 g/mol. The van der Waals surface area contributed by atoms with Gasteiger partial charge in [0.1, 0.15) is 22.8 Å². The molecule has 5 aromatic rings. The number of halogens is 1. The smallest absolute Gasteiger partial charge is 0.216 e. The van der Waals surface area contributed by atoms with Gasteiger partial charge in [0.05, 0.1) is 30.2 Å². The molecule has 0 bridgehead atoms. The van der Waals surface area contributed by atoms with Gasteiger partial charge < -0.3 is 14.0 Å². The summed E-state index contributed by atoms with van der Waals surface area (Å²) in [5, 5.41) is 1.69. The Morgan fingerprint density at radius 3 is 2.60 bits per heavy atom. The maximum absolute atomic E-state index is 6.31. The molecule has 5 heterocycles. The van der Waals surface area contributed by atoms with E-state index in [-0.39, 0.29) is 12.2 Å². The minimum atomic E-state index is 0.123. The lowest BCUT2D eigenvalue weighted by molar-refractivity contribution is -0.0592. The van der Waals surface area contributed by atoms with Crippen LogP contribution < -0.4 is 4.74 Å². The molecule has 0 N–H and O–H groups in total. The fourth-order valence-electron chi connectivity index (χ4n) is 5.56. The second-order valence-corrected chi connectivity index (χ2v) is 12.4. The molecule has 0 aliphatic carbocycles. The van der Waals surface area contributed by atoms with Crippen LogP contribution in [0.1, 0.15) is 41.5 Å². The Labute approximate surface area is 253 Å². The van der Waals surface area contributed by atoms with E-state index in [0.29, 0.717) is 12.3 Å². The van der Waals surface area contributed by atoms with Crippen LogP contribution in [-0.2, 0) is 24.2 Å². The molecule has 1 atom stereocenters. The van der Waals surface area contributed by atoms with Gasteiger partial charge in [-0.3, -0.25) is 4.90 Å². The van der Waals surface area contributed by atoms with E-state index in [9.17, 15) is 0 Å². The number of hydrogen-bond acceptors (Lipinski definition) is 9. The summed E-state index contributed by atoms with van der Waals surface area (Å²) in [6, 6.07) is 16.0. The molecule has 0 spiro atoms. The number of rotatable bonds is 9. The summed E-state index contributed by atoms with van der Waals surface area (Å²) in [5.74, 6) is 3.21. The standard InChI is InChI=1S/C31H32ClN7O2S/c1-20-34-31(37-42-20)22-4-7-27-26(17-22)35-29(39(27)18-25-11-15-40-25)19-38-13-9-24(10-14-38)41-30-8-12-33-28(36-30)16-21-2-5-23(32)6-3-21/h2-8,12,17,24-25H,9-11,13-16,18-19H2,1H3/t25-/m0/s1. The van der Waals surface area contributed by atoms with Gasteiger partial charge in [0, 0.05) is 49.0 Å². The van der Waals surface area contributed by atoms with Crippen molar-refractivity contribution in [2.45, 2.75) is 57.9 Å². The van der Waals surface area contributed by atoms with Crippen molar-refractivity contribution < 1.29 is 9.47 Å². The van der Waals surface area contributed by atoms with Crippen LogP contribution >= 0.6 is 23.1 Å². The van der Waals surface area contributed by atoms with Crippen LogP contribution in [0.25, 0.3) is 22.4 Å². The van der Waals surface area contributed by atoms with Crippen molar-refractivity contribution in [3.8, 4) is 17.3 Å². The van der Waals surface area contributed by atoms with Crippen LogP contribution in [0.5, 0.6) is 5.88 Å². The molecule has 2 aromatic carbocycles. The number of ether oxygens (including phenoxy) is 2. The Kier molecular flexibility index (Phi) is 7.86. The lowest BCUT2D eigenvalue weighted by atomic mass is 10.1. The fraction of sp³-hybridized carbons (Fsp3) is 0.387. The lowest BCUT2D eigenvalue weighted by Crippen LogP contribution is -2.39. The Balaban J connectivity index is 1.01. The van der Waals surface area contributed by atoms with Gasteiger partial charge in [-0.2, -0.15) is 9.36 Å². The van der Waals surface area contributed by atoms with Crippen LogP contribution in [0, 0.1) is 6.92 Å². The average Bonchev–Trinajstić information content (AvgIpc) is 3.55. The van der Waals surface area contributed by atoms with Gasteiger partial charge >= 0.3 is 0 Å². The summed E-state index contributed by atoms with van der Waals surface area (Å²) >= 11 is 7.44. The summed E-state index contributed by atoms with van der Waals surface area (Å²) < 4.78 is 18.9. The predicted molar refractivity (Wildman–Crippen MR) is 163 cm³/mol. The number of piperidine rings is 1. The normalized spacial score (nSPS) is 17.9. The monoisotopic (exact) mass is 601 g/mol. The molecule has 2 aliphatic heterocycles. The van der Waals surface area contributed by atoms with Crippen LogP contribution in [0.15, 0.2) is 54.7 Å². The van der Waals surface area contributed by atoms with E-state index in [1.807, 2.05) is 37.3 Å². The number of nitrogens with zero attached hydrogens (tertiary/aromatic N) is 7. The molecule has 11 heteroatoms. The first-order chi connectivity index (χ1) is 20.6. The molecule has 216 valence electrons. The van der Waals surface area contributed by atoms with Crippen molar-refractivity contribution in [1.29, 1.82) is 0 Å². The van der Waals surface area contributed by atoms with Gasteiger partial charge in [-0.05, 0) is 73.6 Å². The number of hydrogen-bond donors (Lipinski definition) is 0. The van der Waals surface area contributed by atoms with Gasteiger partial charge in [0.15, 0.2) is 5.82 Å². The summed E-state index contributed by atoms with van der Waals surface area (Å²) in [6.07, 6.45) is 5.74. The van der Waals surface area contributed by atoms with Crippen LogP contribution in [0.4, 0.5) is 0 Å². The van der Waals surface area contributed by atoms with Crippen molar-refractivity contribution in [1.82, 2.24) is 33.8 Å². The lowest BCUT2D eigenvalue weighted by Gasteiger charge is -2.32. The zero-order chi connectivity index (χ0) is 28.5. The Morgan fingerprint density at radius 2 is 1.86 bits per heavy atom. The number of imidazole rings is 1. The Bertz CT molecular complexity index is 1680. The summed E-state index contributed by atoms with van der Waals surface area (Å²) in [7, 11) is 0. The highest BCUT2D eigenvalue weighted by molar-refractivity contribution is 7.05. The molecule has 0 unspecified atom stereocenters. The van der Waals surface area contributed by atoms with Crippen LogP contribution in [0.2, 0.25) is 5.02 Å². The second-order valence-electron chi connectivity index (χ2n) is 11.0. The molecular formula is C31H32ClN7O2S. The van der Waals surface area contributed by atoms with E-state index in [2.05, 4.69) is 47.0 Å². The molecule has 9 nitrogen and oxygen atoms in total. The van der Waals surface area contributed by atoms with E-state index in [4.69, 9.17) is 26.1 Å². The SMILES string of the molecule is Cc1nc(-c2ccc3c(c2)nc(CN2CCC(Oc4ccnc(Cc5ccc(Cl)cc5)n4)CC2)n3C[C@@H]2CCO2)ns1. The van der Waals surface area contributed by atoms with Gasteiger partial charge in [-0.15, -0.1) is 0 Å². The van der Waals surface area contributed by atoms with Crippen LogP contribution in [-0.4, -0.2) is 65.7 Å². The molecule has 7 rings (SSSR count). The first-order valence-electron chi connectivity index (χ1n) is 14.4. The number of benzene rings is 2. The number of likely N-dealkylation sites (tertiary alicyclic amines) is 1. The topological polar surface area (TPSA) is 91.1 Å². The van der Waals surface area contributed by atoms with E-state index in [1.165, 1.54) is 11.5 Å². The maximum Gasteiger partial charge on any atom is 0.216 e. The van der Waals surface area contributed by atoms with Crippen molar-refractivity contribution >= 4 is 34.2 Å². The van der Waals surface area contributed by atoms with Crippen LogP contribution in [0.3, 0.4) is 0 Å². The molecule has 0 radical (unpaired) electrons. The van der Waals surface area contributed by atoms with E-state index < -0.39 is 0 Å². The number of aromatic nitrogens is 6. The maximum atomic E-state index is 6.31. The van der Waals surface area contributed by atoms with Crippen molar-refractivity contribution in [2.24, 2.45) is 0 Å². The van der Waals surface area contributed by atoms with Crippen molar-refractivity contribution in [3.63, 3.8) is 0 Å². The molecule has 0 amide bonds. The average molecular weight is 602 g/mol. The van der Waals surface area contributed by atoms with Gasteiger partial charge in [-0.1, -0.05) is 23.7 Å². The van der Waals surface area contributed by atoms with E-state index >= 15 is 0 Å². The highest BCUT2D eigenvalue weighted by atomic mass is 35.5. The highest BCUT2D eigenvalue weighted by Gasteiger charge is 2.26. The van der Waals surface area contributed by atoms with E-state index in [0.717, 1.165) is 102 Å². The highest BCUT2D eigenvalue weighted by Crippen LogP contribution is 2.27. The van der Waals surface area contributed by atoms with Gasteiger partial charge in [0.2, 0.25) is 5.88 Å². The largest absolute Gasteiger partial charge is 0.474 e. The Morgan fingerprint density at radius 1 is 1.02 bits per heavy atom. The third-order valence-electron chi connectivity index (χ3n) is 7.94. The fourth-order valence-corrected chi connectivity index (χ4v) is 6.18. The zero-order valence-electron chi connectivity index (χ0n) is 23.4. The van der Waals surface area contributed by atoms with Crippen molar-refractivity contribution in [2.75, 3.05) is 19.7 Å². The number of fused-ring (bicyclic) bond motifs is 1. The summed E-state index contributed by atoms with van der Waals surface area (Å²) in [4.78, 5) is 21.2. The summed E-state index contributed by atoms with van der Waals surface area (Å²) in [6.45, 7) is 6.30. The third kappa shape index (κ3) is 6.17. The molecule has 42 heavy (non-hydrogen) atoms. The predicted octanol–water partition coefficient (Wildman–Crippen LogP) is 5.73.